The largest absolute Gasteiger partial charge is 0.356 e. The molecule has 1 aliphatic heterocycles. The second kappa shape index (κ2) is 8.03. The number of rotatable bonds is 4. The molecule has 5 nitrogen and oxygen atoms in total. The Labute approximate surface area is 164 Å². The van der Waals surface area contributed by atoms with Crippen molar-refractivity contribution in [3.63, 3.8) is 0 Å². The predicted molar refractivity (Wildman–Crippen MR) is 110 cm³/mol. The number of hydrogen-bond donors (Lipinski definition) is 1. The van der Waals surface area contributed by atoms with Crippen LogP contribution in [-0.4, -0.2) is 41.1 Å². The summed E-state index contributed by atoms with van der Waals surface area (Å²) in [5, 5.41) is 4.14. The average molecular weight is 380 g/mol. The summed E-state index contributed by atoms with van der Waals surface area (Å²) in [5.41, 5.74) is 2.82. The number of piperidine rings is 1. The van der Waals surface area contributed by atoms with Crippen molar-refractivity contribution >= 4 is 17.4 Å². The minimum absolute atomic E-state index is 0.473. The van der Waals surface area contributed by atoms with Crippen molar-refractivity contribution in [2.24, 2.45) is 0 Å². The van der Waals surface area contributed by atoms with Crippen LogP contribution in [-0.2, 0) is 0 Å². The van der Waals surface area contributed by atoms with Crippen LogP contribution in [0.2, 0.25) is 5.02 Å². The molecule has 1 fully saturated rings. The Kier molecular flexibility index (Phi) is 5.32. The molecule has 0 atom stereocenters. The molecule has 0 saturated carbocycles. The maximum atomic E-state index is 6.05. The first-order chi connectivity index (χ1) is 13.2. The van der Waals surface area contributed by atoms with Gasteiger partial charge in [0, 0.05) is 47.7 Å². The van der Waals surface area contributed by atoms with Gasteiger partial charge in [-0.15, -0.1) is 0 Å². The molecular formula is C21H22ClN5. The summed E-state index contributed by atoms with van der Waals surface area (Å²) < 4.78 is 0. The first kappa shape index (κ1) is 17.9. The van der Waals surface area contributed by atoms with Crippen molar-refractivity contribution in [3.8, 4) is 22.6 Å². The van der Waals surface area contributed by atoms with E-state index in [1.54, 1.807) is 12.4 Å². The summed E-state index contributed by atoms with van der Waals surface area (Å²) in [4.78, 5) is 16.1. The Morgan fingerprint density at radius 1 is 1.04 bits per heavy atom. The van der Waals surface area contributed by atoms with E-state index < -0.39 is 0 Å². The number of pyridine rings is 1. The van der Waals surface area contributed by atoms with Crippen molar-refractivity contribution < 1.29 is 0 Å². The molecule has 0 amide bonds. The maximum absolute atomic E-state index is 6.05. The highest BCUT2D eigenvalue weighted by atomic mass is 35.5. The zero-order valence-electron chi connectivity index (χ0n) is 15.3. The highest BCUT2D eigenvalue weighted by Gasteiger charge is 2.20. The third-order valence-corrected chi connectivity index (χ3v) is 5.24. The van der Waals surface area contributed by atoms with E-state index in [1.807, 2.05) is 36.4 Å². The van der Waals surface area contributed by atoms with E-state index in [1.165, 1.54) is 0 Å². The van der Waals surface area contributed by atoms with Gasteiger partial charge in [-0.3, -0.25) is 4.98 Å². The minimum Gasteiger partial charge on any atom is -0.356 e. The number of halogens is 1. The second-order valence-electron chi connectivity index (χ2n) is 6.78. The molecule has 0 unspecified atom stereocenters. The lowest BCUT2D eigenvalue weighted by atomic mass is 10.1. The average Bonchev–Trinajstić information content (AvgIpc) is 2.74. The Morgan fingerprint density at radius 3 is 2.52 bits per heavy atom. The van der Waals surface area contributed by atoms with E-state index in [9.17, 15) is 0 Å². The second-order valence-corrected chi connectivity index (χ2v) is 7.21. The Bertz CT molecular complexity index is 892. The number of hydrogen-bond acceptors (Lipinski definition) is 5. The standard InChI is InChI=1S/C21H22ClN5/c1-27(18-8-11-23-12-9-18)20-13-19(15-4-6-17(22)7-5-15)25-21(26-20)16-3-2-10-24-14-16/h2-7,10,13-14,18,23H,8-9,11-12H2,1H3. The van der Waals surface area contributed by atoms with Crippen LogP contribution in [0.15, 0.2) is 54.9 Å². The molecule has 0 radical (unpaired) electrons. The van der Waals surface area contributed by atoms with E-state index in [-0.39, 0.29) is 0 Å². The van der Waals surface area contributed by atoms with Gasteiger partial charge in [-0.1, -0.05) is 23.7 Å². The van der Waals surface area contributed by atoms with Crippen molar-refractivity contribution in [2.45, 2.75) is 18.9 Å². The number of nitrogens with zero attached hydrogens (tertiary/aromatic N) is 4. The summed E-state index contributed by atoms with van der Waals surface area (Å²) in [6.07, 6.45) is 5.78. The molecule has 3 heterocycles. The number of anilines is 1. The van der Waals surface area contributed by atoms with Gasteiger partial charge in [0.1, 0.15) is 5.82 Å². The highest BCUT2D eigenvalue weighted by Crippen LogP contribution is 2.28. The number of aromatic nitrogens is 3. The molecule has 138 valence electrons. The number of benzene rings is 1. The van der Waals surface area contributed by atoms with E-state index in [0.717, 1.165) is 48.6 Å². The maximum Gasteiger partial charge on any atom is 0.163 e. The van der Waals surface area contributed by atoms with Crippen LogP contribution < -0.4 is 10.2 Å². The number of nitrogens with one attached hydrogen (secondary N) is 1. The summed E-state index contributed by atoms with van der Waals surface area (Å²) in [6.45, 7) is 2.08. The smallest absolute Gasteiger partial charge is 0.163 e. The van der Waals surface area contributed by atoms with Gasteiger partial charge in [0.15, 0.2) is 5.82 Å². The normalized spacial score (nSPS) is 14.9. The summed E-state index contributed by atoms with van der Waals surface area (Å²) in [6, 6.07) is 14.2. The van der Waals surface area contributed by atoms with Gasteiger partial charge in [-0.2, -0.15) is 0 Å². The van der Waals surface area contributed by atoms with Crippen LogP contribution in [0.25, 0.3) is 22.6 Å². The third kappa shape index (κ3) is 4.10. The molecule has 4 rings (SSSR count). The lowest BCUT2D eigenvalue weighted by Gasteiger charge is -2.32. The van der Waals surface area contributed by atoms with Crippen LogP contribution in [0.3, 0.4) is 0 Å². The minimum atomic E-state index is 0.473. The fourth-order valence-electron chi connectivity index (χ4n) is 3.39. The first-order valence-electron chi connectivity index (χ1n) is 9.20. The monoisotopic (exact) mass is 379 g/mol. The topological polar surface area (TPSA) is 53.9 Å². The summed E-state index contributed by atoms with van der Waals surface area (Å²) in [7, 11) is 2.12. The van der Waals surface area contributed by atoms with Crippen LogP contribution >= 0.6 is 11.6 Å². The predicted octanol–water partition coefficient (Wildman–Crippen LogP) is 4.05. The van der Waals surface area contributed by atoms with Gasteiger partial charge in [0.2, 0.25) is 0 Å². The van der Waals surface area contributed by atoms with Crippen molar-refractivity contribution in [2.75, 3.05) is 25.0 Å². The Hall–Kier alpha value is -2.50. The molecule has 1 aliphatic rings. The van der Waals surface area contributed by atoms with Crippen LogP contribution in [0.5, 0.6) is 0 Å². The van der Waals surface area contributed by atoms with E-state index in [0.29, 0.717) is 16.9 Å². The van der Waals surface area contributed by atoms with Crippen LogP contribution in [0.1, 0.15) is 12.8 Å². The molecule has 0 bridgehead atoms. The molecule has 3 aromatic rings. The van der Waals surface area contributed by atoms with Crippen LogP contribution in [0.4, 0.5) is 5.82 Å². The molecule has 0 aliphatic carbocycles. The fraction of sp³-hybridized carbons (Fsp3) is 0.286. The van der Waals surface area contributed by atoms with Crippen molar-refractivity contribution in [3.05, 3.63) is 59.9 Å². The van der Waals surface area contributed by atoms with Gasteiger partial charge >= 0.3 is 0 Å². The first-order valence-corrected chi connectivity index (χ1v) is 9.57. The lowest BCUT2D eigenvalue weighted by molar-refractivity contribution is 0.441. The summed E-state index contributed by atoms with van der Waals surface area (Å²) in [5.74, 6) is 1.62. The Balaban J connectivity index is 1.77. The molecule has 1 N–H and O–H groups in total. The van der Waals surface area contributed by atoms with E-state index in [4.69, 9.17) is 21.6 Å². The quantitative estimate of drug-likeness (QED) is 0.741. The summed E-state index contributed by atoms with van der Waals surface area (Å²) >= 11 is 6.05. The van der Waals surface area contributed by atoms with Gasteiger partial charge in [0.05, 0.1) is 5.69 Å². The third-order valence-electron chi connectivity index (χ3n) is 4.99. The molecule has 2 aromatic heterocycles. The zero-order valence-corrected chi connectivity index (χ0v) is 16.0. The molecule has 27 heavy (non-hydrogen) atoms. The molecule has 1 saturated heterocycles. The highest BCUT2D eigenvalue weighted by molar-refractivity contribution is 6.30. The van der Waals surface area contributed by atoms with E-state index >= 15 is 0 Å². The van der Waals surface area contributed by atoms with Crippen molar-refractivity contribution in [1.82, 2.24) is 20.3 Å². The lowest BCUT2D eigenvalue weighted by Crippen LogP contribution is -2.41. The van der Waals surface area contributed by atoms with E-state index in [2.05, 4.69) is 28.3 Å². The van der Waals surface area contributed by atoms with Crippen molar-refractivity contribution in [1.29, 1.82) is 0 Å². The fourth-order valence-corrected chi connectivity index (χ4v) is 3.51. The molecule has 6 heteroatoms. The molecule has 1 aromatic carbocycles. The SMILES string of the molecule is CN(c1cc(-c2ccc(Cl)cc2)nc(-c2cccnc2)n1)C1CCNCC1. The van der Waals surface area contributed by atoms with Gasteiger partial charge in [-0.25, -0.2) is 9.97 Å². The van der Waals surface area contributed by atoms with Gasteiger partial charge in [-0.05, 0) is 50.2 Å². The zero-order chi connectivity index (χ0) is 18.6. The Morgan fingerprint density at radius 2 is 1.81 bits per heavy atom. The molecule has 0 spiro atoms. The molecular weight excluding hydrogens is 358 g/mol. The van der Waals surface area contributed by atoms with Gasteiger partial charge < -0.3 is 10.2 Å². The van der Waals surface area contributed by atoms with Crippen LogP contribution in [0, 0.1) is 0 Å². The van der Waals surface area contributed by atoms with Gasteiger partial charge in [0.25, 0.3) is 0 Å².